The van der Waals surface area contributed by atoms with Gasteiger partial charge >= 0.3 is 0 Å². The van der Waals surface area contributed by atoms with Gasteiger partial charge in [-0.15, -0.1) is 0 Å². The van der Waals surface area contributed by atoms with Crippen LogP contribution in [-0.4, -0.2) is 16.9 Å². The molecule has 0 amide bonds. The molecule has 73 heavy (non-hydrogen) atoms. The van der Waals surface area contributed by atoms with Gasteiger partial charge in [0.15, 0.2) is 0 Å². The molecule has 0 bridgehead atoms. The van der Waals surface area contributed by atoms with Crippen molar-refractivity contribution in [2.75, 3.05) is 14.7 Å². The second-order valence-electron chi connectivity index (χ2n) is 26.3. The summed E-state index contributed by atoms with van der Waals surface area (Å²) in [5.41, 5.74) is 24.9. The first-order valence-electron chi connectivity index (χ1n) is 26.8. The van der Waals surface area contributed by atoms with Crippen molar-refractivity contribution in [1.29, 1.82) is 0 Å². The number of aryl methyl sites for hydroxylation is 1. The third-order valence-corrected chi connectivity index (χ3v) is 17.6. The molecule has 4 aliphatic rings. The van der Waals surface area contributed by atoms with Gasteiger partial charge < -0.3 is 14.7 Å². The number of hydrogen-bond donors (Lipinski definition) is 1. The first-order valence-corrected chi connectivity index (χ1v) is 26.8. The average molecular weight is 958 g/mol. The summed E-state index contributed by atoms with van der Waals surface area (Å²) < 4.78 is 0. The molecule has 1 aliphatic carbocycles. The number of aromatic amines is 1. The van der Waals surface area contributed by atoms with Crippen molar-refractivity contribution >= 4 is 68.6 Å². The monoisotopic (exact) mass is 958 g/mol. The maximum atomic E-state index is 4.36. The number of fused-ring (bicyclic) bond motifs is 9. The van der Waals surface area contributed by atoms with Crippen LogP contribution in [0.4, 0.5) is 45.5 Å². The van der Waals surface area contributed by atoms with Gasteiger partial charge in [-0.3, -0.25) is 5.10 Å². The molecule has 4 heterocycles. The van der Waals surface area contributed by atoms with E-state index in [0.717, 1.165) is 18.4 Å². The maximum absolute atomic E-state index is 4.36. The fourth-order valence-corrected chi connectivity index (χ4v) is 13.1. The van der Waals surface area contributed by atoms with E-state index in [0.29, 0.717) is 0 Å². The Hall–Kier alpha value is -6.79. The molecule has 0 saturated heterocycles. The van der Waals surface area contributed by atoms with Crippen molar-refractivity contribution < 1.29 is 0 Å². The topological polar surface area (TPSA) is 38.4 Å². The summed E-state index contributed by atoms with van der Waals surface area (Å²) in [5.74, 6) is 0. The van der Waals surface area contributed by atoms with Gasteiger partial charge in [0.2, 0.25) is 0 Å². The molecule has 12 rings (SSSR count). The van der Waals surface area contributed by atoms with Crippen molar-refractivity contribution in [3.8, 4) is 11.1 Å². The Labute approximate surface area is 435 Å². The molecule has 2 atom stereocenters. The standard InChI is InChI=1S/C67H72BN5/c1-62(2,3)45-23-26-49(27-24-45)71-58-39-51(73-56-31-22-43(44-40-69-70-41-44)34-53(56)66(13)33-32-42-18-15-16-21-52(42)67(66,73)14)28-30-55(58)68-54-29-25-47(64(7,8)9)36-57(54)72(50-20-17-19-46(35-50)63(4,5)6)60-38-48(65(10,11)12)37-59(71)61(60)68/h15-31,34-41H,32-33H2,1-14H3,(H,69,70). The van der Waals surface area contributed by atoms with Crippen LogP contribution in [0.15, 0.2) is 152 Å². The summed E-state index contributed by atoms with van der Waals surface area (Å²) in [6.07, 6.45) is 6.05. The Bertz CT molecular complexity index is 3500. The van der Waals surface area contributed by atoms with E-state index in [-0.39, 0.29) is 39.3 Å². The molecule has 0 spiro atoms. The predicted octanol–water partition coefficient (Wildman–Crippen LogP) is 15.6. The normalized spacial score (nSPS) is 19.0. The van der Waals surface area contributed by atoms with Crippen LogP contribution in [0.3, 0.4) is 0 Å². The van der Waals surface area contributed by atoms with Crippen LogP contribution in [0.2, 0.25) is 0 Å². The van der Waals surface area contributed by atoms with E-state index in [9.17, 15) is 0 Å². The third kappa shape index (κ3) is 7.13. The van der Waals surface area contributed by atoms with Crippen molar-refractivity contribution in [3.05, 3.63) is 191 Å². The number of nitrogens with one attached hydrogen (secondary N) is 1. The molecular formula is C67H72BN5. The highest BCUT2D eigenvalue weighted by Crippen LogP contribution is 2.64. The number of anilines is 8. The minimum atomic E-state index is -0.380. The average Bonchev–Trinajstić information content (AvgIpc) is 3.96. The maximum Gasteiger partial charge on any atom is 0.252 e. The zero-order valence-corrected chi connectivity index (χ0v) is 45.7. The zero-order valence-electron chi connectivity index (χ0n) is 45.7. The van der Waals surface area contributed by atoms with Gasteiger partial charge in [0, 0.05) is 62.7 Å². The highest BCUT2D eigenvalue weighted by molar-refractivity contribution is 7.00. The van der Waals surface area contributed by atoms with Crippen LogP contribution in [0.5, 0.6) is 0 Å². The van der Waals surface area contributed by atoms with Gasteiger partial charge in [-0.2, -0.15) is 5.10 Å². The van der Waals surface area contributed by atoms with E-state index in [1.54, 1.807) is 0 Å². The minimum absolute atomic E-state index is 0.0125. The first-order chi connectivity index (χ1) is 34.5. The molecule has 0 saturated carbocycles. The van der Waals surface area contributed by atoms with E-state index in [4.69, 9.17) is 0 Å². The number of aromatic nitrogens is 2. The highest BCUT2D eigenvalue weighted by Gasteiger charge is 2.60. The van der Waals surface area contributed by atoms with E-state index in [1.165, 1.54) is 106 Å². The minimum Gasteiger partial charge on any atom is -0.330 e. The predicted molar refractivity (Wildman–Crippen MR) is 311 cm³/mol. The Morgan fingerprint density at radius 1 is 0.479 bits per heavy atom. The van der Waals surface area contributed by atoms with Gasteiger partial charge in [-0.25, -0.2) is 0 Å². The lowest BCUT2D eigenvalue weighted by atomic mass is 9.33. The lowest BCUT2D eigenvalue weighted by Gasteiger charge is -2.51. The van der Waals surface area contributed by atoms with Crippen molar-refractivity contribution in [2.24, 2.45) is 0 Å². The molecule has 5 nitrogen and oxygen atoms in total. The first kappa shape index (κ1) is 47.2. The number of nitrogens with zero attached hydrogens (tertiary/aromatic N) is 4. The van der Waals surface area contributed by atoms with Crippen molar-refractivity contribution in [1.82, 2.24) is 10.2 Å². The summed E-state index contributed by atoms with van der Waals surface area (Å²) in [7, 11) is 0. The summed E-state index contributed by atoms with van der Waals surface area (Å²) >= 11 is 0. The second kappa shape index (κ2) is 15.9. The van der Waals surface area contributed by atoms with Crippen LogP contribution in [0, 0.1) is 0 Å². The smallest absolute Gasteiger partial charge is 0.252 e. The van der Waals surface area contributed by atoms with E-state index in [1.807, 2.05) is 12.4 Å². The molecule has 1 N–H and O–H groups in total. The van der Waals surface area contributed by atoms with Crippen LogP contribution in [-0.2, 0) is 39.0 Å². The number of rotatable bonds is 4. The van der Waals surface area contributed by atoms with Gasteiger partial charge in [-0.05, 0) is 169 Å². The summed E-state index contributed by atoms with van der Waals surface area (Å²) in [5, 5.41) is 7.44. The van der Waals surface area contributed by atoms with Crippen LogP contribution in [0.25, 0.3) is 11.1 Å². The van der Waals surface area contributed by atoms with Gasteiger partial charge in [0.05, 0.1) is 11.7 Å². The second-order valence-corrected chi connectivity index (χ2v) is 26.3. The molecule has 8 aromatic rings. The summed E-state index contributed by atoms with van der Waals surface area (Å²) in [4.78, 5) is 7.97. The fourth-order valence-electron chi connectivity index (χ4n) is 13.1. The van der Waals surface area contributed by atoms with Crippen LogP contribution in [0.1, 0.15) is 142 Å². The van der Waals surface area contributed by atoms with E-state index < -0.39 is 0 Å². The number of hydrogen-bond acceptors (Lipinski definition) is 4. The quantitative estimate of drug-likeness (QED) is 0.178. The van der Waals surface area contributed by atoms with Crippen LogP contribution >= 0.6 is 0 Å². The lowest BCUT2D eigenvalue weighted by Crippen LogP contribution is -2.61. The molecule has 0 fully saturated rings. The van der Waals surface area contributed by atoms with Gasteiger partial charge in [-0.1, -0.05) is 163 Å². The molecule has 7 aromatic carbocycles. The molecule has 1 aromatic heterocycles. The van der Waals surface area contributed by atoms with E-state index >= 15 is 0 Å². The molecule has 2 unspecified atom stereocenters. The number of benzene rings is 7. The summed E-state index contributed by atoms with van der Waals surface area (Å²) in [6.45, 7) is 33.1. The Balaban J connectivity index is 1.16. The fraction of sp³-hybridized carbons (Fsp3) is 0.328. The highest BCUT2D eigenvalue weighted by atomic mass is 15.3. The van der Waals surface area contributed by atoms with Crippen molar-refractivity contribution in [2.45, 2.75) is 142 Å². The Morgan fingerprint density at radius 2 is 1.07 bits per heavy atom. The van der Waals surface area contributed by atoms with Gasteiger partial charge in [0.1, 0.15) is 0 Å². The SMILES string of the molecule is CC(C)(C)c1ccc(N2c3cc(N4c5ccc(-c6cn[nH]c6)cc5C5(C)CCc6ccccc6C45C)ccc3B3c4ccc(C(C)(C)C)cc4N(c4cccc(C(C)(C)C)c4)c4cc(C(C)(C)C)cc2c43)cc1. The molecule has 0 radical (unpaired) electrons. The zero-order chi connectivity index (χ0) is 51.4. The van der Waals surface area contributed by atoms with Crippen molar-refractivity contribution in [3.63, 3.8) is 0 Å². The third-order valence-electron chi connectivity index (χ3n) is 17.6. The Morgan fingerprint density at radius 3 is 1.73 bits per heavy atom. The van der Waals surface area contributed by atoms with Crippen LogP contribution < -0.4 is 31.1 Å². The summed E-state index contributed by atoms with van der Waals surface area (Å²) in [6, 6.07) is 55.2. The lowest BCUT2D eigenvalue weighted by molar-refractivity contribution is 0.245. The largest absolute Gasteiger partial charge is 0.330 e. The molecule has 3 aliphatic heterocycles. The molecular weight excluding hydrogens is 886 g/mol. The Kier molecular flexibility index (Phi) is 10.3. The number of H-pyrrole nitrogens is 1. The molecule has 368 valence electrons. The van der Waals surface area contributed by atoms with E-state index in [2.05, 4.69) is 261 Å². The van der Waals surface area contributed by atoms with Gasteiger partial charge in [0.25, 0.3) is 6.71 Å². The molecule has 6 heteroatoms.